The number of carbonyl (C=O) groups is 2. The van der Waals surface area contributed by atoms with Gasteiger partial charge < -0.3 is 15.1 Å². The van der Waals surface area contributed by atoms with Crippen LogP contribution in [-0.4, -0.2) is 76.5 Å². The number of piperazine rings is 1. The van der Waals surface area contributed by atoms with Crippen LogP contribution >= 0.6 is 0 Å². The maximum Gasteiger partial charge on any atom is 0.252 e. The summed E-state index contributed by atoms with van der Waals surface area (Å²) in [7, 11) is 2.14. The molecule has 3 aliphatic heterocycles. The maximum absolute atomic E-state index is 13.7. The molecule has 3 heterocycles. The molecule has 2 amide bonds. The van der Waals surface area contributed by atoms with Crippen LogP contribution in [0.2, 0.25) is 0 Å². The van der Waals surface area contributed by atoms with E-state index in [2.05, 4.69) is 44.5 Å². The molecule has 1 aliphatic carbocycles. The average Bonchev–Trinajstić information content (AvgIpc) is 3.09. The number of hydrogen-bond acceptors (Lipinski definition) is 5. The standard InChI is InChI=1S/C26H30N6O2/c1-18(33)32-9-8-23-25-20(15-27-29-23)14-21(22(25)16-32)26(34)28-24(19-6-4-3-5-7-19)17-31-12-10-30(2)11-13-31/h3-9,14-15,24,29H,10-13,16-17H2,1-2H3,(H,28,34)/t24-/m1/s1. The van der Waals surface area contributed by atoms with Crippen LogP contribution in [0.15, 0.2) is 48.8 Å². The average molecular weight is 459 g/mol. The summed E-state index contributed by atoms with van der Waals surface area (Å²) in [6, 6.07) is 11.9. The van der Waals surface area contributed by atoms with Gasteiger partial charge in [-0.2, -0.15) is 5.10 Å². The van der Waals surface area contributed by atoms with Crippen molar-refractivity contribution in [2.24, 2.45) is 0 Å². The lowest BCUT2D eigenvalue weighted by atomic mass is 10.0. The fourth-order valence-corrected chi connectivity index (χ4v) is 4.81. The van der Waals surface area contributed by atoms with Gasteiger partial charge in [0, 0.05) is 62.5 Å². The molecular weight excluding hydrogens is 428 g/mol. The van der Waals surface area contributed by atoms with Gasteiger partial charge in [-0.05, 0) is 30.3 Å². The molecule has 8 heteroatoms. The molecule has 5 rings (SSSR count). The topological polar surface area (TPSA) is 84.6 Å². The fourth-order valence-electron chi connectivity index (χ4n) is 4.81. The van der Waals surface area contributed by atoms with Crippen molar-refractivity contribution in [2.45, 2.75) is 19.5 Å². The molecule has 1 aromatic carbocycles. The van der Waals surface area contributed by atoms with Crippen molar-refractivity contribution in [3.63, 3.8) is 0 Å². The van der Waals surface area contributed by atoms with Crippen molar-refractivity contribution in [1.29, 1.82) is 0 Å². The predicted octanol–water partition coefficient (Wildman–Crippen LogP) is 2.57. The Kier molecular flexibility index (Phi) is 6.17. The number of rotatable bonds is 5. The molecule has 176 valence electrons. The fraction of sp³-hybridized carbons (Fsp3) is 0.346. The lowest BCUT2D eigenvalue weighted by molar-refractivity contribution is -0.126. The Morgan fingerprint density at radius 1 is 1.15 bits per heavy atom. The molecule has 2 N–H and O–H groups in total. The monoisotopic (exact) mass is 458 g/mol. The largest absolute Gasteiger partial charge is 0.344 e. The van der Waals surface area contributed by atoms with Gasteiger partial charge in [0.2, 0.25) is 5.91 Å². The van der Waals surface area contributed by atoms with Gasteiger partial charge in [0.1, 0.15) is 0 Å². The van der Waals surface area contributed by atoms with Crippen LogP contribution < -0.4 is 5.32 Å². The Hall–Kier alpha value is -3.49. The van der Waals surface area contributed by atoms with Gasteiger partial charge in [0.05, 0.1) is 24.5 Å². The quantitative estimate of drug-likeness (QED) is 0.614. The highest BCUT2D eigenvalue weighted by Crippen LogP contribution is 2.37. The normalized spacial score (nSPS) is 17.5. The first-order valence-electron chi connectivity index (χ1n) is 11.7. The minimum atomic E-state index is -0.140. The Labute approximate surface area is 199 Å². The van der Waals surface area contributed by atoms with E-state index in [-0.39, 0.29) is 17.9 Å². The smallest absolute Gasteiger partial charge is 0.252 e. The molecular formula is C26H30N6O2. The summed E-state index contributed by atoms with van der Waals surface area (Å²) in [6.07, 6.45) is 5.32. The second-order valence-corrected chi connectivity index (χ2v) is 9.15. The van der Waals surface area contributed by atoms with Gasteiger partial charge in [0.25, 0.3) is 5.91 Å². The molecule has 0 spiro atoms. The Morgan fingerprint density at radius 2 is 1.91 bits per heavy atom. The minimum Gasteiger partial charge on any atom is -0.344 e. The molecule has 1 aromatic rings. The molecule has 0 unspecified atom stereocenters. The molecule has 34 heavy (non-hydrogen) atoms. The van der Waals surface area contributed by atoms with Gasteiger partial charge in [-0.25, -0.2) is 0 Å². The van der Waals surface area contributed by atoms with E-state index in [1.165, 1.54) is 6.92 Å². The van der Waals surface area contributed by atoms with Gasteiger partial charge >= 0.3 is 0 Å². The molecule has 0 bridgehead atoms. The van der Waals surface area contributed by atoms with Crippen molar-refractivity contribution in [3.05, 3.63) is 71.2 Å². The molecule has 0 saturated carbocycles. The van der Waals surface area contributed by atoms with Crippen LogP contribution in [0.3, 0.4) is 0 Å². The number of hydrogen-bond donors (Lipinski definition) is 2. The maximum atomic E-state index is 13.7. The zero-order valence-electron chi connectivity index (χ0n) is 19.6. The van der Waals surface area contributed by atoms with Crippen LogP contribution in [0, 0.1) is 0 Å². The summed E-state index contributed by atoms with van der Waals surface area (Å²) in [6.45, 7) is 6.63. The van der Waals surface area contributed by atoms with Crippen molar-refractivity contribution in [2.75, 3.05) is 39.8 Å². The van der Waals surface area contributed by atoms with E-state index in [1.54, 1.807) is 17.3 Å². The van der Waals surface area contributed by atoms with Gasteiger partial charge in [-0.3, -0.25) is 19.6 Å². The van der Waals surface area contributed by atoms with Crippen molar-refractivity contribution < 1.29 is 9.59 Å². The van der Waals surface area contributed by atoms with Gasteiger partial charge in [-0.1, -0.05) is 30.3 Å². The van der Waals surface area contributed by atoms with Crippen molar-refractivity contribution >= 4 is 17.9 Å². The van der Waals surface area contributed by atoms with Crippen molar-refractivity contribution in [1.82, 2.24) is 30.2 Å². The van der Waals surface area contributed by atoms with Crippen molar-refractivity contribution in [3.8, 4) is 11.1 Å². The molecule has 8 nitrogen and oxygen atoms in total. The lowest BCUT2D eigenvalue weighted by Gasteiger charge is -2.35. The summed E-state index contributed by atoms with van der Waals surface area (Å²) in [5.41, 5.74) is 5.14. The number of H-pyrrole nitrogens is 1. The van der Waals surface area contributed by atoms with Gasteiger partial charge in [0.15, 0.2) is 0 Å². The van der Waals surface area contributed by atoms with E-state index >= 15 is 0 Å². The molecule has 0 radical (unpaired) electrons. The number of carbonyl (C=O) groups excluding carboxylic acids is 2. The van der Waals surface area contributed by atoms with Crippen LogP contribution in [-0.2, 0) is 11.3 Å². The van der Waals surface area contributed by atoms with Crippen LogP contribution in [0.5, 0.6) is 0 Å². The second kappa shape index (κ2) is 9.40. The highest BCUT2D eigenvalue weighted by atomic mass is 16.2. The molecule has 1 atom stereocenters. The van der Waals surface area contributed by atoms with Gasteiger partial charge in [-0.15, -0.1) is 0 Å². The highest BCUT2D eigenvalue weighted by molar-refractivity contribution is 6.02. The van der Waals surface area contributed by atoms with E-state index in [0.29, 0.717) is 12.1 Å². The summed E-state index contributed by atoms with van der Waals surface area (Å²) in [5, 5.41) is 10.5. The number of aromatic amines is 1. The van der Waals surface area contributed by atoms with E-state index in [1.807, 2.05) is 30.3 Å². The number of nitrogens with zero attached hydrogens (tertiary/aromatic N) is 4. The lowest BCUT2D eigenvalue weighted by Crippen LogP contribution is -2.47. The minimum absolute atomic E-state index is 0.0741. The Bertz CT molecular complexity index is 1180. The summed E-state index contributed by atoms with van der Waals surface area (Å²) in [5.74, 6) is -0.208. The number of benzene rings is 1. The Morgan fingerprint density at radius 3 is 2.65 bits per heavy atom. The van der Waals surface area contributed by atoms with Crippen LogP contribution in [0.25, 0.3) is 17.2 Å². The van der Waals surface area contributed by atoms with Crippen LogP contribution in [0.1, 0.15) is 40.1 Å². The van der Waals surface area contributed by atoms with E-state index < -0.39 is 0 Å². The number of likely N-dealkylation sites (N-methyl/N-ethyl adjacent to an activating group) is 1. The summed E-state index contributed by atoms with van der Waals surface area (Å²) >= 11 is 0. The number of nitrogens with one attached hydrogen (secondary N) is 2. The first-order chi connectivity index (χ1) is 16.5. The first-order valence-corrected chi connectivity index (χ1v) is 11.7. The zero-order chi connectivity index (χ0) is 23.7. The summed E-state index contributed by atoms with van der Waals surface area (Å²) < 4.78 is 0. The van der Waals surface area contributed by atoms with E-state index in [9.17, 15) is 9.59 Å². The van der Waals surface area contributed by atoms with Crippen LogP contribution in [0.4, 0.5) is 0 Å². The first kappa shape index (κ1) is 22.3. The third kappa shape index (κ3) is 4.47. The number of aromatic nitrogens is 2. The highest BCUT2D eigenvalue weighted by Gasteiger charge is 2.29. The second-order valence-electron chi connectivity index (χ2n) is 9.15. The number of amides is 2. The summed E-state index contributed by atoms with van der Waals surface area (Å²) in [4.78, 5) is 32.2. The molecule has 4 aliphatic rings. The molecule has 1 saturated heterocycles. The SMILES string of the molecule is CC(=O)N1C=Cc2[nH]ncc3cc(C(=O)N[C@H](CN4CCN(C)CC4)c4ccccc4)c(c2-3)C1. The third-order valence-corrected chi connectivity index (χ3v) is 6.82. The van der Waals surface area contributed by atoms with E-state index in [0.717, 1.165) is 60.7 Å². The Balaban J connectivity index is 1.46. The van der Waals surface area contributed by atoms with E-state index in [4.69, 9.17) is 0 Å². The predicted molar refractivity (Wildman–Crippen MR) is 131 cm³/mol. The third-order valence-electron chi connectivity index (χ3n) is 6.82. The molecule has 0 aromatic heterocycles. The zero-order valence-corrected chi connectivity index (χ0v) is 19.6. The molecule has 1 fully saturated rings.